The van der Waals surface area contributed by atoms with Crippen LogP contribution in [-0.4, -0.2) is 39.3 Å². The van der Waals surface area contributed by atoms with Crippen LogP contribution in [-0.2, 0) is 11.3 Å². The second-order valence-corrected chi connectivity index (χ2v) is 7.95. The van der Waals surface area contributed by atoms with Crippen molar-refractivity contribution in [1.82, 2.24) is 20.2 Å². The van der Waals surface area contributed by atoms with Crippen LogP contribution in [0.25, 0.3) is 10.9 Å². The number of likely N-dealkylation sites (N-methyl/N-ethyl adjacent to an activating group) is 1. The minimum atomic E-state index is -0.694. The molecule has 2 aromatic carbocycles. The molecule has 0 radical (unpaired) electrons. The van der Waals surface area contributed by atoms with Crippen molar-refractivity contribution in [2.24, 2.45) is 5.92 Å². The third-order valence-corrected chi connectivity index (χ3v) is 5.20. The lowest BCUT2D eigenvalue weighted by atomic mass is 10.0. The maximum absolute atomic E-state index is 13.3. The quantitative estimate of drug-likeness (QED) is 0.614. The van der Waals surface area contributed by atoms with Crippen molar-refractivity contribution < 1.29 is 9.59 Å². The largest absolute Gasteiger partial charge is 0.340 e. The second-order valence-electron chi connectivity index (χ2n) is 7.95. The van der Waals surface area contributed by atoms with E-state index in [2.05, 4.69) is 15.3 Å². The third kappa shape index (κ3) is 5.17. The van der Waals surface area contributed by atoms with Gasteiger partial charge in [0.15, 0.2) is 0 Å². The van der Waals surface area contributed by atoms with Crippen LogP contribution >= 0.6 is 0 Å². The number of nitrogens with one attached hydrogen (secondary N) is 2. The Morgan fingerprint density at radius 2 is 1.87 bits per heavy atom. The summed E-state index contributed by atoms with van der Waals surface area (Å²) in [6, 6.07) is 13.6. The van der Waals surface area contributed by atoms with Crippen LogP contribution in [0.2, 0.25) is 0 Å². The summed E-state index contributed by atoms with van der Waals surface area (Å²) in [5, 5.41) is 3.38. The van der Waals surface area contributed by atoms with E-state index in [9.17, 15) is 14.4 Å². The molecule has 3 aromatic rings. The van der Waals surface area contributed by atoms with Crippen LogP contribution in [0.15, 0.2) is 53.3 Å². The van der Waals surface area contributed by atoms with E-state index < -0.39 is 6.04 Å². The van der Waals surface area contributed by atoms with Crippen molar-refractivity contribution in [3.8, 4) is 0 Å². The molecule has 1 heterocycles. The van der Waals surface area contributed by atoms with E-state index >= 15 is 0 Å². The fourth-order valence-corrected chi connectivity index (χ4v) is 3.46. The van der Waals surface area contributed by atoms with E-state index in [1.807, 2.05) is 45.9 Å². The molecule has 0 aliphatic carbocycles. The molecule has 0 unspecified atom stereocenters. The lowest BCUT2D eigenvalue weighted by molar-refractivity contribution is -0.134. The topological polar surface area (TPSA) is 95.2 Å². The van der Waals surface area contributed by atoms with Gasteiger partial charge in [-0.15, -0.1) is 0 Å². The Balaban J connectivity index is 1.81. The minimum absolute atomic E-state index is 0.112. The molecule has 2 amide bonds. The van der Waals surface area contributed by atoms with Gasteiger partial charge in [-0.2, -0.15) is 0 Å². The molecule has 0 fully saturated rings. The predicted octanol–water partition coefficient (Wildman–Crippen LogP) is 3.03. The summed E-state index contributed by atoms with van der Waals surface area (Å²) in [4.78, 5) is 47.2. The number of nitrogens with zero attached hydrogens (tertiary/aromatic N) is 2. The first-order valence-electron chi connectivity index (χ1n) is 10.4. The first-order valence-corrected chi connectivity index (χ1v) is 10.4. The van der Waals surface area contributed by atoms with E-state index in [-0.39, 0.29) is 29.8 Å². The Morgan fingerprint density at radius 3 is 2.55 bits per heavy atom. The maximum atomic E-state index is 13.3. The van der Waals surface area contributed by atoms with E-state index in [4.69, 9.17) is 0 Å². The van der Waals surface area contributed by atoms with Gasteiger partial charge in [0.25, 0.3) is 11.5 Å². The molecule has 0 aliphatic rings. The monoisotopic (exact) mass is 420 g/mol. The summed E-state index contributed by atoms with van der Waals surface area (Å²) < 4.78 is 0. The van der Waals surface area contributed by atoms with Crippen LogP contribution in [0.4, 0.5) is 0 Å². The van der Waals surface area contributed by atoms with E-state index in [1.165, 1.54) is 0 Å². The van der Waals surface area contributed by atoms with E-state index in [0.29, 0.717) is 28.8 Å². The zero-order valence-corrected chi connectivity index (χ0v) is 18.3. The SMILES string of the molecule is CCN(Cc1nc2ccccc2c(=O)[nH]1)C(=O)[C@@H](NC(=O)c1cccc(C)c1)C(C)C. The molecule has 0 spiro atoms. The normalized spacial score (nSPS) is 12.0. The summed E-state index contributed by atoms with van der Waals surface area (Å²) >= 11 is 0. The van der Waals surface area contributed by atoms with Crippen molar-refractivity contribution >= 4 is 22.7 Å². The Labute approximate surface area is 181 Å². The lowest BCUT2D eigenvalue weighted by Crippen LogP contribution is -2.51. The van der Waals surface area contributed by atoms with E-state index in [1.54, 1.807) is 35.2 Å². The third-order valence-electron chi connectivity index (χ3n) is 5.20. The molecule has 0 saturated heterocycles. The molecule has 31 heavy (non-hydrogen) atoms. The first kappa shape index (κ1) is 22.2. The standard InChI is InChI=1S/C24H28N4O3/c1-5-28(14-20-25-19-12-7-6-11-18(19)23(30)26-20)24(31)21(15(2)3)27-22(29)17-10-8-9-16(4)13-17/h6-13,15,21H,5,14H2,1-4H3,(H,27,29)(H,25,26,30)/t21-/m0/s1. The molecule has 7 heteroatoms. The highest BCUT2D eigenvalue weighted by Gasteiger charge is 2.29. The number of amides is 2. The smallest absolute Gasteiger partial charge is 0.258 e. The number of fused-ring (bicyclic) bond motifs is 1. The molecule has 1 aromatic heterocycles. The number of rotatable bonds is 7. The molecule has 0 saturated carbocycles. The van der Waals surface area contributed by atoms with E-state index in [0.717, 1.165) is 5.56 Å². The molecule has 0 aliphatic heterocycles. The Morgan fingerprint density at radius 1 is 1.13 bits per heavy atom. The maximum Gasteiger partial charge on any atom is 0.258 e. The molecule has 3 rings (SSSR count). The number of aromatic nitrogens is 2. The molecular weight excluding hydrogens is 392 g/mol. The van der Waals surface area contributed by atoms with Crippen LogP contribution in [0.3, 0.4) is 0 Å². The van der Waals surface area contributed by atoms with Gasteiger partial charge in [-0.3, -0.25) is 14.4 Å². The zero-order chi connectivity index (χ0) is 22.5. The van der Waals surface area contributed by atoms with Crippen molar-refractivity contribution in [1.29, 1.82) is 0 Å². The summed E-state index contributed by atoms with van der Waals surface area (Å²) in [6.45, 7) is 8.12. The molecule has 1 atom stereocenters. The second kappa shape index (κ2) is 9.55. The number of carbonyl (C=O) groups excluding carboxylic acids is 2. The molecular formula is C24H28N4O3. The Bertz CT molecular complexity index is 1150. The lowest BCUT2D eigenvalue weighted by Gasteiger charge is -2.29. The first-order chi connectivity index (χ1) is 14.8. The number of para-hydroxylation sites is 1. The Hall–Kier alpha value is -3.48. The number of hydrogen-bond donors (Lipinski definition) is 2. The van der Waals surface area contributed by atoms with Gasteiger partial charge < -0.3 is 15.2 Å². The number of H-pyrrole nitrogens is 1. The van der Waals surface area contributed by atoms with Crippen molar-refractivity contribution in [3.05, 3.63) is 75.8 Å². The van der Waals surface area contributed by atoms with Gasteiger partial charge in [-0.05, 0) is 44.0 Å². The summed E-state index contributed by atoms with van der Waals surface area (Å²) in [6.07, 6.45) is 0. The summed E-state index contributed by atoms with van der Waals surface area (Å²) in [7, 11) is 0. The molecule has 162 valence electrons. The number of benzene rings is 2. The number of hydrogen-bond acceptors (Lipinski definition) is 4. The van der Waals surface area contributed by atoms with Gasteiger partial charge in [0.2, 0.25) is 5.91 Å². The van der Waals surface area contributed by atoms with Gasteiger partial charge >= 0.3 is 0 Å². The predicted molar refractivity (Wildman–Crippen MR) is 121 cm³/mol. The highest BCUT2D eigenvalue weighted by Crippen LogP contribution is 2.12. The van der Waals surface area contributed by atoms with Gasteiger partial charge in [-0.1, -0.05) is 43.7 Å². The number of aromatic amines is 1. The highest BCUT2D eigenvalue weighted by molar-refractivity contribution is 5.97. The van der Waals surface area contributed by atoms with Gasteiger partial charge in [0.05, 0.1) is 17.4 Å². The minimum Gasteiger partial charge on any atom is -0.340 e. The summed E-state index contributed by atoms with van der Waals surface area (Å²) in [5.74, 6) is -0.205. The van der Waals surface area contributed by atoms with Gasteiger partial charge in [-0.25, -0.2) is 4.98 Å². The van der Waals surface area contributed by atoms with Crippen molar-refractivity contribution in [2.75, 3.05) is 6.54 Å². The van der Waals surface area contributed by atoms with Gasteiger partial charge in [0.1, 0.15) is 11.9 Å². The van der Waals surface area contributed by atoms with Crippen molar-refractivity contribution in [3.63, 3.8) is 0 Å². The van der Waals surface area contributed by atoms with Crippen LogP contribution in [0, 0.1) is 12.8 Å². The molecule has 0 bridgehead atoms. The average molecular weight is 421 g/mol. The van der Waals surface area contributed by atoms with Crippen LogP contribution < -0.4 is 10.9 Å². The molecule has 7 nitrogen and oxygen atoms in total. The van der Waals surface area contributed by atoms with Crippen LogP contribution in [0.1, 0.15) is 42.5 Å². The Kier molecular flexibility index (Phi) is 6.84. The summed E-state index contributed by atoms with van der Waals surface area (Å²) in [5.41, 5.74) is 1.83. The number of aryl methyl sites for hydroxylation is 1. The molecule has 2 N–H and O–H groups in total. The van der Waals surface area contributed by atoms with Crippen molar-refractivity contribution in [2.45, 2.75) is 40.3 Å². The average Bonchev–Trinajstić information content (AvgIpc) is 2.75. The zero-order valence-electron chi connectivity index (χ0n) is 18.3. The number of carbonyl (C=O) groups is 2. The fourth-order valence-electron chi connectivity index (χ4n) is 3.46. The van der Waals surface area contributed by atoms with Gasteiger partial charge in [0, 0.05) is 12.1 Å². The fraction of sp³-hybridized carbons (Fsp3) is 0.333. The van der Waals surface area contributed by atoms with Crippen LogP contribution in [0.5, 0.6) is 0 Å². The highest BCUT2D eigenvalue weighted by atomic mass is 16.2.